The summed E-state index contributed by atoms with van der Waals surface area (Å²) in [4.78, 5) is 21.9. The van der Waals surface area contributed by atoms with Crippen LogP contribution in [0.2, 0.25) is 0 Å². The molecule has 2 N–H and O–H groups in total. The Hall–Kier alpha value is -2.10. The van der Waals surface area contributed by atoms with Crippen LogP contribution in [-0.4, -0.2) is 11.7 Å². The summed E-state index contributed by atoms with van der Waals surface area (Å²) in [6.45, 7) is 1.37. The molecule has 0 aliphatic rings. The highest BCUT2D eigenvalue weighted by atomic mass is 16.2. The number of ketones is 1. The predicted molar refractivity (Wildman–Crippen MR) is 56.9 cm³/mol. The van der Waals surface area contributed by atoms with Gasteiger partial charge in [0, 0.05) is 24.8 Å². The van der Waals surface area contributed by atoms with Crippen molar-refractivity contribution in [2.75, 3.05) is 0 Å². The van der Waals surface area contributed by atoms with Crippen LogP contribution in [0.4, 0.5) is 0 Å². The molecule has 0 aliphatic carbocycles. The van der Waals surface area contributed by atoms with E-state index in [-0.39, 0.29) is 11.7 Å². The van der Waals surface area contributed by atoms with E-state index in [1.54, 1.807) is 24.3 Å². The molecule has 0 atom stereocenters. The molecule has 0 fully saturated rings. The second-order valence-electron chi connectivity index (χ2n) is 2.89. The van der Waals surface area contributed by atoms with E-state index >= 15 is 0 Å². The van der Waals surface area contributed by atoms with Crippen LogP contribution in [0, 0.1) is 0 Å². The zero-order chi connectivity index (χ0) is 11.1. The molecule has 0 radical (unpaired) electrons. The van der Waals surface area contributed by atoms with Crippen LogP contribution >= 0.6 is 0 Å². The summed E-state index contributed by atoms with van der Waals surface area (Å²) in [6, 6.07) is 8.89. The molecule has 0 saturated carbocycles. The molecule has 4 heteroatoms. The van der Waals surface area contributed by atoms with E-state index in [0.29, 0.717) is 5.56 Å². The van der Waals surface area contributed by atoms with Gasteiger partial charge < -0.3 is 5.43 Å². The summed E-state index contributed by atoms with van der Waals surface area (Å²) in [5, 5.41) is 0. The summed E-state index contributed by atoms with van der Waals surface area (Å²) in [5.74, 6) is -0.333. The Morgan fingerprint density at radius 3 is 2.47 bits per heavy atom. The number of allylic oxidation sites excluding steroid dienone is 1. The number of nitrogens with one attached hydrogen (secondary N) is 2. The van der Waals surface area contributed by atoms with E-state index in [4.69, 9.17) is 0 Å². The van der Waals surface area contributed by atoms with Gasteiger partial charge in [0.25, 0.3) is 0 Å². The lowest BCUT2D eigenvalue weighted by atomic mass is 10.1. The molecular weight excluding hydrogens is 192 g/mol. The summed E-state index contributed by atoms with van der Waals surface area (Å²) in [7, 11) is 0. The van der Waals surface area contributed by atoms with Crippen molar-refractivity contribution in [1.29, 1.82) is 0 Å². The zero-order valence-corrected chi connectivity index (χ0v) is 8.36. The number of amides is 1. The summed E-state index contributed by atoms with van der Waals surface area (Å²) < 4.78 is 0. The minimum atomic E-state index is -0.216. The van der Waals surface area contributed by atoms with E-state index in [9.17, 15) is 9.59 Å². The monoisotopic (exact) mass is 204 g/mol. The second kappa shape index (κ2) is 5.59. The maximum Gasteiger partial charge on any atom is 0.235 e. The maximum absolute atomic E-state index is 11.4. The van der Waals surface area contributed by atoms with Gasteiger partial charge in [0.05, 0.1) is 0 Å². The molecule has 15 heavy (non-hydrogen) atoms. The van der Waals surface area contributed by atoms with Crippen LogP contribution in [0.15, 0.2) is 42.6 Å². The molecule has 78 valence electrons. The molecular formula is C11H12N2O2. The Morgan fingerprint density at radius 2 is 1.87 bits per heavy atom. The predicted octanol–water partition coefficient (Wildman–Crippen LogP) is 1.02. The average molecular weight is 204 g/mol. The molecule has 0 heterocycles. The van der Waals surface area contributed by atoms with Crippen molar-refractivity contribution in [1.82, 2.24) is 10.9 Å². The van der Waals surface area contributed by atoms with Crippen LogP contribution in [-0.2, 0) is 4.79 Å². The van der Waals surface area contributed by atoms with Crippen molar-refractivity contribution in [2.24, 2.45) is 0 Å². The number of hydrogen-bond donors (Lipinski definition) is 2. The first-order chi connectivity index (χ1) is 7.20. The van der Waals surface area contributed by atoms with Gasteiger partial charge in [-0.3, -0.25) is 15.0 Å². The molecule has 4 nitrogen and oxygen atoms in total. The summed E-state index contributed by atoms with van der Waals surface area (Å²) in [5.41, 5.74) is 5.42. The normalized spacial score (nSPS) is 9.93. The maximum atomic E-state index is 11.4. The van der Waals surface area contributed by atoms with Gasteiger partial charge in [0.2, 0.25) is 5.91 Å². The van der Waals surface area contributed by atoms with Crippen molar-refractivity contribution in [3.05, 3.63) is 48.2 Å². The molecule has 0 unspecified atom stereocenters. The van der Waals surface area contributed by atoms with Gasteiger partial charge in [0.1, 0.15) is 0 Å². The zero-order valence-electron chi connectivity index (χ0n) is 8.36. The largest absolute Gasteiger partial charge is 0.306 e. The number of hydrogen-bond acceptors (Lipinski definition) is 3. The minimum Gasteiger partial charge on any atom is -0.306 e. The van der Waals surface area contributed by atoms with E-state index < -0.39 is 0 Å². The topological polar surface area (TPSA) is 58.2 Å². The standard InChI is InChI=1S/C11H12N2O2/c1-9(14)13-12-8-7-11(15)10-5-3-2-4-6-10/h2-8,12H,1H3,(H,13,14)/b8-7-. The number of hydrazine groups is 1. The van der Waals surface area contributed by atoms with Crippen LogP contribution < -0.4 is 10.9 Å². The fourth-order valence-electron chi connectivity index (χ4n) is 0.959. The fourth-order valence-corrected chi connectivity index (χ4v) is 0.959. The van der Waals surface area contributed by atoms with Gasteiger partial charge in [-0.1, -0.05) is 30.3 Å². The average Bonchev–Trinajstić information content (AvgIpc) is 2.25. The third-order valence-corrected chi connectivity index (χ3v) is 1.62. The van der Waals surface area contributed by atoms with E-state index in [1.807, 2.05) is 6.07 Å². The number of carbonyl (C=O) groups is 2. The SMILES string of the molecule is CC(=O)NN/C=C\C(=O)c1ccccc1. The smallest absolute Gasteiger partial charge is 0.235 e. The molecule has 0 aromatic heterocycles. The highest BCUT2D eigenvalue weighted by Gasteiger charge is 1.98. The van der Waals surface area contributed by atoms with Crippen molar-refractivity contribution < 1.29 is 9.59 Å². The van der Waals surface area contributed by atoms with Crippen molar-refractivity contribution in [3.63, 3.8) is 0 Å². The Bertz CT molecular complexity index is 371. The lowest BCUT2D eigenvalue weighted by molar-refractivity contribution is -0.119. The van der Waals surface area contributed by atoms with Crippen molar-refractivity contribution in [3.8, 4) is 0 Å². The summed E-state index contributed by atoms with van der Waals surface area (Å²) >= 11 is 0. The Morgan fingerprint density at radius 1 is 1.20 bits per heavy atom. The Kier molecular flexibility index (Phi) is 4.09. The molecule has 0 spiro atoms. The molecule has 0 bridgehead atoms. The highest BCUT2D eigenvalue weighted by molar-refractivity contribution is 6.04. The van der Waals surface area contributed by atoms with E-state index in [2.05, 4.69) is 10.9 Å². The van der Waals surface area contributed by atoms with E-state index in [1.165, 1.54) is 19.2 Å². The third kappa shape index (κ3) is 4.08. The van der Waals surface area contributed by atoms with Crippen LogP contribution in [0.3, 0.4) is 0 Å². The highest BCUT2D eigenvalue weighted by Crippen LogP contribution is 1.99. The number of benzene rings is 1. The van der Waals surface area contributed by atoms with Crippen molar-refractivity contribution in [2.45, 2.75) is 6.92 Å². The van der Waals surface area contributed by atoms with Gasteiger partial charge >= 0.3 is 0 Å². The molecule has 0 aliphatic heterocycles. The Balaban J connectivity index is 2.46. The lowest BCUT2D eigenvalue weighted by Crippen LogP contribution is -2.31. The van der Waals surface area contributed by atoms with E-state index in [0.717, 1.165) is 0 Å². The van der Waals surface area contributed by atoms with Crippen molar-refractivity contribution >= 4 is 11.7 Å². The van der Waals surface area contributed by atoms with Crippen LogP contribution in [0.5, 0.6) is 0 Å². The number of rotatable bonds is 4. The van der Waals surface area contributed by atoms with Crippen LogP contribution in [0.25, 0.3) is 0 Å². The van der Waals surface area contributed by atoms with Gasteiger partial charge in [-0.25, -0.2) is 0 Å². The second-order valence-corrected chi connectivity index (χ2v) is 2.89. The molecule has 0 saturated heterocycles. The van der Waals surface area contributed by atoms with Gasteiger partial charge in [-0.15, -0.1) is 0 Å². The first kappa shape index (κ1) is 11.0. The fraction of sp³-hybridized carbons (Fsp3) is 0.0909. The molecule has 1 amide bonds. The number of carbonyl (C=O) groups excluding carboxylic acids is 2. The first-order valence-electron chi connectivity index (χ1n) is 4.48. The Labute approximate surface area is 88.0 Å². The molecule has 1 aromatic rings. The first-order valence-corrected chi connectivity index (χ1v) is 4.48. The lowest BCUT2D eigenvalue weighted by Gasteiger charge is -1.98. The van der Waals surface area contributed by atoms with Gasteiger partial charge in [0.15, 0.2) is 5.78 Å². The minimum absolute atomic E-state index is 0.117. The molecule has 1 aromatic carbocycles. The third-order valence-electron chi connectivity index (χ3n) is 1.62. The summed E-state index contributed by atoms with van der Waals surface area (Å²) in [6.07, 6.45) is 2.74. The van der Waals surface area contributed by atoms with Gasteiger partial charge in [-0.05, 0) is 0 Å². The quantitative estimate of drug-likeness (QED) is 0.437. The van der Waals surface area contributed by atoms with Gasteiger partial charge in [-0.2, -0.15) is 0 Å². The molecule has 1 rings (SSSR count). The van der Waals surface area contributed by atoms with Crippen LogP contribution in [0.1, 0.15) is 17.3 Å².